The minimum atomic E-state index is -0.232. The van der Waals surface area contributed by atoms with Crippen LogP contribution in [0.2, 0.25) is 0 Å². The summed E-state index contributed by atoms with van der Waals surface area (Å²) >= 11 is 0. The van der Waals surface area contributed by atoms with Crippen LogP contribution in [0.4, 0.5) is 0 Å². The highest BCUT2D eigenvalue weighted by Gasteiger charge is 2.61. The van der Waals surface area contributed by atoms with Gasteiger partial charge in [-0.25, -0.2) is 0 Å². The minimum Gasteiger partial charge on any atom is -0.393 e. The molecule has 0 aromatic heterocycles. The molecule has 7 atom stereocenters. The van der Waals surface area contributed by atoms with Crippen LogP contribution in [0.5, 0.6) is 0 Å². The molecule has 0 amide bonds. The quantitative estimate of drug-likeness (QED) is 0.724. The first-order valence-electron chi connectivity index (χ1n) is 10.4. The number of fused-ring (bicyclic) bond motifs is 5. The van der Waals surface area contributed by atoms with Gasteiger partial charge in [0.25, 0.3) is 0 Å². The highest BCUT2D eigenvalue weighted by atomic mass is 16.7. The van der Waals surface area contributed by atoms with Crippen LogP contribution in [0.15, 0.2) is 0 Å². The normalized spacial score (nSPS) is 55.9. The molecule has 3 nitrogen and oxygen atoms in total. The summed E-state index contributed by atoms with van der Waals surface area (Å²) in [4.78, 5) is 0. The fourth-order valence-electron chi connectivity index (χ4n) is 7.93. The van der Waals surface area contributed by atoms with E-state index in [0.717, 1.165) is 56.1 Å². The van der Waals surface area contributed by atoms with Crippen LogP contribution in [-0.4, -0.2) is 30.2 Å². The van der Waals surface area contributed by atoms with E-state index in [2.05, 4.69) is 13.8 Å². The van der Waals surface area contributed by atoms with E-state index in [1.807, 2.05) is 0 Å². The van der Waals surface area contributed by atoms with Gasteiger partial charge in [0, 0.05) is 12.8 Å². The van der Waals surface area contributed by atoms with Crippen molar-refractivity contribution in [2.75, 3.05) is 13.2 Å². The molecule has 24 heavy (non-hydrogen) atoms. The van der Waals surface area contributed by atoms with Crippen molar-refractivity contribution in [3.63, 3.8) is 0 Å². The van der Waals surface area contributed by atoms with Gasteiger partial charge >= 0.3 is 0 Å². The van der Waals surface area contributed by atoms with E-state index < -0.39 is 0 Å². The van der Waals surface area contributed by atoms with Crippen LogP contribution >= 0.6 is 0 Å². The summed E-state index contributed by atoms with van der Waals surface area (Å²) in [6.07, 6.45) is 11.0. The number of rotatable bonds is 0. The van der Waals surface area contributed by atoms with E-state index in [-0.39, 0.29) is 17.3 Å². The van der Waals surface area contributed by atoms with Gasteiger partial charge in [-0.1, -0.05) is 13.8 Å². The largest absolute Gasteiger partial charge is 0.393 e. The highest BCUT2D eigenvalue weighted by Crippen LogP contribution is 2.67. The third-order valence-corrected chi connectivity index (χ3v) is 9.43. The Hall–Kier alpha value is -0.120. The number of aliphatic hydroxyl groups is 1. The molecule has 5 rings (SSSR count). The molecule has 0 aromatic rings. The average Bonchev–Trinajstić information content (AvgIpc) is 3.14. The molecule has 136 valence electrons. The van der Waals surface area contributed by atoms with E-state index in [0.29, 0.717) is 5.41 Å². The van der Waals surface area contributed by atoms with Crippen molar-refractivity contribution in [2.24, 2.45) is 34.5 Å². The second-order valence-corrected chi connectivity index (χ2v) is 10.1. The Morgan fingerprint density at radius 1 is 0.792 bits per heavy atom. The molecule has 5 aliphatic rings. The molecule has 1 aliphatic heterocycles. The van der Waals surface area contributed by atoms with Crippen LogP contribution in [0.3, 0.4) is 0 Å². The zero-order valence-electron chi connectivity index (χ0n) is 15.4. The smallest absolute Gasteiger partial charge is 0.168 e. The van der Waals surface area contributed by atoms with Gasteiger partial charge in [-0.2, -0.15) is 0 Å². The summed E-state index contributed by atoms with van der Waals surface area (Å²) in [5, 5.41) is 10.6. The Morgan fingerprint density at radius 2 is 1.54 bits per heavy atom. The third kappa shape index (κ3) is 2.01. The Labute approximate surface area is 146 Å². The maximum atomic E-state index is 10.6. The molecule has 0 aromatic carbocycles. The molecule has 1 spiro atoms. The average molecular weight is 335 g/mol. The molecule has 4 saturated carbocycles. The maximum Gasteiger partial charge on any atom is 0.168 e. The lowest BCUT2D eigenvalue weighted by molar-refractivity contribution is -0.230. The first kappa shape index (κ1) is 16.1. The lowest BCUT2D eigenvalue weighted by Crippen LogP contribution is -2.56. The fraction of sp³-hybridized carbons (Fsp3) is 1.00. The molecule has 1 N–H and O–H groups in total. The molecule has 0 unspecified atom stereocenters. The standard InChI is InChI=1S/C21H34O3/c1-19-9-10-21(23-11-12-24-21)13-14(19)3-4-15-16-5-6-18(22)20(16,2)8-7-17(15)19/h14-18,22H,3-13H2,1-2H3/t14-,15+,16-,17-,18+,19-,20+/m0/s1. The zero-order chi connectivity index (χ0) is 16.6. The second kappa shape index (κ2) is 5.20. The Bertz CT molecular complexity index is 513. The van der Waals surface area contributed by atoms with E-state index in [9.17, 15) is 5.11 Å². The summed E-state index contributed by atoms with van der Waals surface area (Å²) < 4.78 is 12.1. The molecule has 0 bridgehead atoms. The van der Waals surface area contributed by atoms with Gasteiger partial charge in [-0.15, -0.1) is 0 Å². The first-order chi connectivity index (χ1) is 11.5. The molecule has 1 saturated heterocycles. The summed E-state index contributed by atoms with van der Waals surface area (Å²) in [5.74, 6) is 3.00. The van der Waals surface area contributed by atoms with Gasteiger partial charge in [0.15, 0.2) is 5.79 Å². The van der Waals surface area contributed by atoms with Gasteiger partial charge in [0.2, 0.25) is 0 Å². The highest BCUT2D eigenvalue weighted by molar-refractivity contribution is 5.10. The summed E-state index contributed by atoms with van der Waals surface area (Å²) in [6.45, 7) is 6.54. The van der Waals surface area contributed by atoms with E-state index >= 15 is 0 Å². The molecule has 3 heteroatoms. The van der Waals surface area contributed by atoms with E-state index in [1.54, 1.807) is 0 Å². The monoisotopic (exact) mass is 334 g/mol. The van der Waals surface area contributed by atoms with Crippen molar-refractivity contribution in [1.29, 1.82) is 0 Å². The van der Waals surface area contributed by atoms with Crippen molar-refractivity contribution in [3.05, 3.63) is 0 Å². The summed E-state index contributed by atoms with van der Waals surface area (Å²) in [7, 11) is 0. The van der Waals surface area contributed by atoms with Gasteiger partial charge in [-0.05, 0) is 79.4 Å². The second-order valence-electron chi connectivity index (χ2n) is 10.1. The zero-order valence-corrected chi connectivity index (χ0v) is 15.4. The van der Waals surface area contributed by atoms with Crippen LogP contribution < -0.4 is 0 Å². The molecular weight excluding hydrogens is 300 g/mol. The molecule has 4 aliphatic carbocycles. The number of hydrogen-bond acceptors (Lipinski definition) is 3. The van der Waals surface area contributed by atoms with Crippen molar-refractivity contribution in [3.8, 4) is 0 Å². The Morgan fingerprint density at radius 3 is 2.33 bits per heavy atom. The molecule has 1 heterocycles. The number of ether oxygens (including phenoxy) is 2. The van der Waals surface area contributed by atoms with Crippen LogP contribution in [-0.2, 0) is 9.47 Å². The van der Waals surface area contributed by atoms with E-state index in [4.69, 9.17) is 9.47 Å². The maximum absolute atomic E-state index is 10.6. The van der Waals surface area contributed by atoms with Gasteiger partial charge in [0.1, 0.15) is 0 Å². The first-order valence-corrected chi connectivity index (χ1v) is 10.4. The number of hydrogen-bond donors (Lipinski definition) is 1. The minimum absolute atomic E-state index is 0.0520. The van der Waals surface area contributed by atoms with Gasteiger partial charge in [0.05, 0.1) is 19.3 Å². The predicted molar refractivity (Wildman–Crippen MR) is 92.4 cm³/mol. The van der Waals surface area contributed by atoms with Crippen molar-refractivity contribution in [2.45, 2.75) is 83.5 Å². The Balaban J connectivity index is 1.41. The Kier molecular flexibility index (Phi) is 3.49. The van der Waals surface area contributed by atoms with Crippen LogP contribution in [0, 0.1) is 34.5 Å². The topological polar surface area (TPSA) is 38.7 Å². The van der Waals surface area contributed by atoms with Crippen LogP contribution in [0.25, 0.3) is 0 Å². The molecule has 0 radical (unpaired) electrons. The fourth-order valence-corrected chi connectivity index (χ4v) is 7.93. The van der Waals surface area contributed by atoms with Crippen LogP contribution in [0.1, 0.15) is 71.6 Å². The van der Waals surface area contributed by atoms with Crippen molar-refractivity contribution >= 4 is 0 Å². The lowest BCUT2D eigenvalue weighted by Gasteiger charge is -2.61. The van der Waals surface area contributed by atoms with Gasteiger partial charge in [-0.3, -0.25) is 0 Å². The third-order valence-electron chi connectivity index (χ3n) is 9.43. The molecule has 5 fully saturated rings. The van der Waals surface area contributed by atoms with E-state index in [1.165, 1.54) is 38.5 Å². The summed E-state index contributed by atoms with van der Waals surface area (Å²) in [5.41, 5.74) is 0.677. The number of aliphatic hydroxyl groups excluding tert-OH is 1. The molecular formula is C21H34O3. The SMILES string of the molecule is C[C@]12CCC3(C[C@@H]1CC[C@H]1[C@@H]2CC[C@@]2(C)[C@H](O)CC[C@@H]12)OCCO3. The van der Waals surface area contributed by atoms with Crippen molar-refractivity contribution < 1.29 is 14.6 Å². The predicted octanol–water partition coefficient (Wildman–Crippen LogP) is 4.13. The lowest BCUT2D eigenvalue weighted by atomic mass is 9.45. The summed E-state index contributed by atoms with van der Waals surface area (Å²) in [6, 6.07) is 0. The van der Waals surface area contributed by atoms with Crippen molar-refractivity contribution in [1.82, 2.24) is 0 Å². The van der Waals surface area contributed by atoms with Gasteiger partial charge < -0.3 is 14.6 Å².